The molecule has 2 heterocycles. The molecule has 1 N–H and O–H groups in total. The van der Waals surface area contributed by atoms with Gasteiger partial charge in [-0.25, -0.2) is 0 Å². The number of nitrogens with zero attached hydrogens (tertiary/aromatic N) is 3. The number of hydrogen-bond acceptors (Lipinski definition) is 3. The van der Waals surface area contributed by atoms with Crippen LogP contribution in [0, 0.1) is 5.41 Å². The summed E-state index contributed by atoms with van der Waals surface area (Å²) in [5, 5.41) is 13.7. The molecular weight excluding hydrogens is 282 g/mol. The third kappa shape index (κ3) is 3.53. The van der Waals surface area contributed by atoms with Gasteiger partial charge in [-0.05, 0) is 35.3 Å². The van der Waals surface area contributed by atoms with Crippen molar-refractivity contribution in [1.29, 1.82) is 0 Å². The summed E-state index contributed by atoms with van der Waals surface area (Å²) in [6.07, 6.45) is 6.12. The molecular formula is C12H20BrN3O. The van der Waals surface area contributed by atoms with Gasteiger partial charge in [0.05, 0.1) is 17.2 Å². The third-order valence-electron chi connectivity index (χ3n) is 3.49. The van der Waals surface area contributed by atoms with Crippen LogP contribution in [0.5, 0.6) is 0 Å². The minimum absolute atomic E-state index is 0.0863. The van der Waals surface area contributed by atoms with Gasteiger partial charge in [-0.15, -0.1) is 0 Å². The molecule has 1 aromatic heterocycles. The Morgan fingerprint density at radius 2 is 2.35 bits per heavy atom. The maximum absolute atomic E-state index is 9.41. The second-order valence-corrected chi connectivity index (χ2v) is 6.19. The lowest BCUT2D eigenvalue weighted by Crippen LogP contribution is -2.44. The van der Waals surface area contributed by atoms with Crippen molar-refractivity contribution in [3.05, 3.63) is 16.9 Å². The zero-order valence-corrected chi connectivity index (χ0v) is 11.9. The predicted octanol–water partition coefficient (Wildman–Crippen LogP) is 1.74. The molecule has 0 amide bonds. The van der Waals surface area contributed by atoms with Crippen LogP contribution in [0.3, 0.4) is 0 Å². The molecule has 0 radical (unpaired) electrons. The number of rotatable bonds is 4. The molecule has 2 rings (SSSR count). The van der Waals surface area contributed by atoms with Gasteiger partial charge in [0.15, 0.2) is 0 Å². The first-order valence-corrected chi connectivity index (χ1v) is 6.92. The molecule has 4 nitrogen and oxygen atoms in total. The second-order valence-electron chi connectivity index (χ2n) is 5.27. The van der Waals surface area contributed by atoms with Crippen LogP contribution in [-0.2, 0) is 6.54 Å². The highest BCUT2D eigenvalue weighted by Gasteiger charge is 2.29. The molecule has 1 fully saturated rings. The van der Waals surface area contributed by atoms with Gasteiger partial charge in [-0.3, -0.25) is 4.68 Å². The van der Waals surface area contributed by atoms with Crippen molar-refractivity contribution in [3.8, 4) is 0 Å². The fourth-order valence-electron chi connectivity index (χ4n) is 2.45. The molecule has 1 aliphatic rings. The summed E-state index contributed by atoms with van der Waals surface area (Å²) in [7, 11) is 0. The summed E-state index contributed by atoms with van der Waals surface area (Å²) >= 11 is 3.40. The van der Waals surface area contributed by atoms with Gasteiger partial charge in [0.1, 0.15) is 0 Å². The van der Waals surface area contributed by atoms with E-state index in [1.807, 2.05) is 17.1 Å². The summed E-state index contributed by atoms with van der Waals surface area (Å²) in [5.74, 6) is 0. The van der Waals surface area contributed by atoms with Crippen LogP contribution in [-0.4, -0.2) is 46.0 Å². The van der Waals surface area contributed by atoms with Gasteiger partial charge in [0, 0.05) is 31.3 Å². The van der Waals surface area contributed by atoms with Crippen molar-refractivity contribution in [2.75, 3.05) is 26.2 Å². The van der Waals surface area contributed by atoms with Crippen molar-refractivity contribution < 1.29 is 5.11 Å². The molecule has 1 atom stereocenters. The predicted molar refractivity (Wildman–Crippen MR) is 70.8 cm³/mol. The number of aliphatic hydroxyl groups is 1. The first-order valence-electron chi connectivity index (χ1n) is 6.12. The molecule has 0 bridgehead atoms. The lowest BCUT2D eigenvalue weighted by molar-refractivity contribution is 0.0447. The van der Waals surface area contributed by atoms with E-state index >= 15 is 0 Å². The smallest absolute Gasteiger partial charge is 0.0632 e. The molecule has 1 aromatic rings. The Kier molecular flexibility index (Phi) is 4.22. The number of halogens is 1. The maximum atomic E-state index is 9.41. The van der Waals surface area contributed by atoms with Gasteiger partial charge in [0.25, 0.3) is 0 Å². The molecule has 0 aliphatic carbocycles. The fraction of sp³-hybridized carbons (Fsp3) is 0.750. The standard InChI is InChI=1S/C12H20BrN3O/c1-12(10-17)3-2-4-15(9-12)5-6-16-8-11(13)7-14-16/h7-8,17H,2-6,9-10H2,1H3. The summed E-state index contributed by atoms with van der Waals surface area (Å²) in [4.78, 5) is 2.43. The van der Waals surface area contributed by atoms with Crippen LogP contribution >= 0.6 is 15.9 Å². The Morgan fingerprint density at radius 3 is 3.00 bits per heavy atom. The Labute approximate surface area is 111 Å². The molecule has 1 aliphatic heterocycles. The zero-order valence-electron chi connectivity index (χ0n) is 10.3. The average molecular weight is 302 g/mol. The molecule has 1 unspecified atom stereocenters. The van der Waals surface area contributed by atoms with Crippen molar-refractivity contribution in [2.45, 2.75) is 26.3 Å². The number of aliphatic hydroxyl groups excluding tert-OH is 1. The molecule has 5 heteroatoms. The van der Waals surface area contributed by atoms with Crippen molar-refractivity contribution in [2.24, 2.45) is 5.41 Å². The van der Waals surface area contributed by atoms with Crippen LogP contribution in [0.1, 0.15) is 19.8 Å². The molecule has 17 heavy (non-hydrogen) atoms. The largest absolute Gasteiger partial charge is 0.396 e. The lowest BCUT2D eigenvalue weighted by Gasteiger charge is -2.39. The van der Waals surface area contributed by atoms with Gasteiger partial charge < -0.3 is 10.0 Å². The van der Waals surface area contributed by atoms with Crippen LogP contribution in [0.4, 0.5) is 0 Å². The zero-order chi connectivity index (χ0) is 12.3. The van der Waals surface area contributed by atoms with E-state index in [0.717, 1.165) is 37.1 Å². The summed E-state index contributed by atoms with van der Waals surface area (Å²) in [6.45, 7) is 6.50. The Balaban J connectivity index is 1.83. The average Bonchev–Trinajstić information content (AvgIpc) is 2.73. The molecule has 1 saturated heterocycles. The SMILES string of the molecule is CC1(CO)CCCN(CCn2cc(Br)cn2)C1. The van der Waals surface area contributed by atoms with E-state index in [9.17, 15) is 5.11 Å². The highest BCUT2D eigenvalue weighted by molar-refractivity contribution is 9.10. The summed E-state index contributed by atoms with van der Waals surface area (Å²) < 4.78 is 2.98. The second kappa shape index (κ2) is 5.50. The van der Waals surface area contributed by atoms with Gasteiger partial charge in [0.2, 0.25) is 0 Å². The molecule has 0 aromatic carbocycles. The Bertz CT molecular complexity index is 368. The first kappa shape index (κ1) is 13.1. The van der Waals surface area contributed by atoms with E-state index in [1.54, 1.807) is 0 Å². The van der Waals surface area contributed by atoms with Crippen LogP contribution in [0.15, 0.2) is 16.9 Å². The van der Waals surface area contributed by atoms with Crippen molar-refractivity contribution >= 4 is 15.9 Å². The van der Waals surface area contributed by atoms with Crippen LogP contribution < -0.4 is 0 Å². The maximum Gasteiger partial charge on any atom is 0.0632 e. The minimum atomic E-state index is 0.0863. The van der Waals surface area contributed by atoms with E-state index < -0.39 is 0 Å². The number of hydrogen-bond donors (Lipinski definition) is 1. The fourth-order valence-corrected chi connectivity index (χ4v) is 2.78. The Morgan fingerprint density at radius 1 is 1.53 bits per heavy atom. The van der Waals surface area contributed by atoms with E-state index in [-0.39, 0.29) is 12.0 Å². The van der Waals surface area contributed by atoms with Crippen LogP contribution in [0.2, 0.25) is 0 Å². The van der Waals surface area contributed by atoms with E-state index in [0.29, 0.717) is 0 Å². The number of likely N-dealkylation sites (tertiary alicyclic amines) is 1. The van der Waals surface area contributed by atoms with E-state index in [2.05, 4.69) is 32.9 Å². The first-order chi connectivity index (χ1) is 8.11. The van der Waals surface area contributed by atoms with Gasteiger partial charge in [-0.2, -0.15) is 5.10 Å². The van der Waals surface area contributed by atoms with Crippen molar-refractivity contribution in [3.63, 3.8) is 0 Å². The summed E-state index contributed by atoms with van der Waals surface area (Å²) in [6, 6.07) is 0. The highest BCUT2D eigenvalue weighted by Crippen LogP contribution is 2.28. The lowest BCUT2D eigenvalue weighted by atomic mass is 9.83. The van der Waals surface area contributed by atoms with Crippen molar-refractivity contribution in [1.82, 2.24) is 14.7 Å². The highest BCUT2D eigenvalue weighted by atomic mass is 79.9. The topological polar surface area (TPSA) is 41.3 Å². The van der Waals surface area contributed by atoms with Gasteiger partial charge >= 0.3 is 0 Å². The quantitative estimate of drug-likeness (QED) is 0.921. The third-order valence-corrected chi connectivity index (χ3v) is 3.90. The van der Waals surface area contributed by atoms with E-state index in [4.69, 9.17) is 0 Å². The minimum Gasteiger partial charge on any atom is -0.396 e. The monoisotopic (exact) mass is 301 g/mol. The number of piperidine rings is 1. The Hall–Kier alpha value is -0.390. The molecule has 0 saturated carbocycles. The normalized spacial score (nSPS) is 26.3. The molecule has 96 valence electrons. The number of aromatic nitrogens is 2. The molecule has 0 spiro atoms. The van der Waals surface area contributed by atoms with Crippen LogP contribution in [0.25, 0.3) is 0 Å². The van der Waals surface area contributed by atoms with Gasteiger partial charge in [-0.1, -0.05) is 6.92 Å². The van der Waals surface area contributed by atoms with E-state index in [1.165, 1.54) is 6.42 Å². The summed E-state index contributed by atoms with van der Waals surface area (Å²) in [5.41, 5.74) is 0.0863.